The Labute approximate surface area is 112 Å². The molecule has 19 heavy (non-hydrogen) atoms. The number of ether oxygens (including phenoxy) is 3. The number of aliphatic hydroxyl groups is 1. The van der Waals surface area contributed by atoms with Gasteiger partial charge in [0.15, 0.2) is 5.60 Å². The van der Waals surface area contributed by atoms with Crippen molar-refractivity contribution >= 4 is 5.97 Å². The molecule has 0 saturated heterocycles. The summed E-state index contributed by atoms with van der Waals surface area (Å²) in [6.45, 7) is 0. The van der Waals surface area contributed by atoms with Gasteiger partial charge in [-0.25, -0.2) is 4.79 Å². The number of hydrogen-bond donors (Lipinski definition) is 1. The quantitative estimate of drug-likeness (QED) is 0.830. The predicted molar refractivity (Wildman–Crippen MR) is 68.5 cm³/mol. The molecule has 0 unspecified atom stereocenters. The second-order valence-corrected chi connectivity index (χ2v) is 4.63. The first-order valence-corrected chi connectivity index (χ1v) is 6.09. The molecule has 0 fully saturated rings. The van der Waals surface area contributed by atoms with Gasteiger partial charge in [-0.2, -0.15) is 0 Å². The minimum absolute atomic E-state index is 0.176. The van der Waals surface area contributed by atoms with Crippen LogP contribution in [0.25, 0.3) is 0 Å². The highest BCUT2D eigenvalue weighted by molar-refractivity contribution is 5.80. The molecule has 1 N–H and O–H groups in total. The first kappa shape index (κ1) is 13.7. The molecular formula is C14H18O5. The van der Waals surface area contributed by atoms with Gasteiger partial charge in [0.05, 0.1) is 21.3 Å². The summed E-state index contributed by atoms with van der Waals surface area (Å²) in [6.07, 6.45) is 1.03. The summed E-state index contributed by atoms with van der Waals surface area (Å²) in [5, 5.41) is 10.4. The fraction of sp³-hybridized carbons (Fsp3) is 0.500. The fourth-order valence-corrected chi connectivity index (χ4v) is 2.58. The van der Waals surface area contributed by atoms with Crippen molar-refractivity contribution in [3.8, 4) is 11.5 Å². The van der Waals surface area contributed by atoms with E-state index in [1.807, 2.05) is 6.07 Å². The number of methoxy groups -OCH3 is 3. The molecule has 0 bridgehead atoms. The molecule has 1 aliphatic rings. The van der Waals surface area contributed by atoms with Crippen LogP contribution < -0.4 is 9.47 Å². The van der Waals surface area contributed by atoms with Gasteiger partial charge in [0, 0.05) is 17.5 Å². The number of benzene rings is 1. The van der Waals surface area contributed by atoms with Gasteiger partial charge in [0.2, 0.25) is 0 Å². The molecule has 2 rings (SSSR count). The van der Waals surface area contributed by atoms with E-state index in [9.17, 15) is 9.90 Å². The van der Waals surface area contributed by atoms with Crippen LogP contribution in [-0.2, 0) is 22.4 Å². The average Bonchev–Trinajstić information content (AvgIpc) is 2.44. The Morgan fingerprint density at radius 1 is 1.16 bits per heavy atom. The van der Waals surface area contributed by atoms with Gasteiger partial charge in [-0.3, -0.25) is 0 Å². The van der Waals surface area contributed by atoms with E-state index in [1.54, 1.807) is 20.3 Å². The highest BCUT2D eigenvalue weighted by atomic mass is 16.5. The summed E-state index contributed by atoms with van der Waals surface area (Å²) in [5.41, 5.74) is 0.304. The van der Waals surface area contributed by atoms with Gasteiger partial charge in [-0.15, -0.1) is 0 Å². The van der Waals surface area contributed by atoms with Gasteiger partial charge in [0.1, 0.15) is 11.5 Å². The van der Waals surface area contributed by atoms with Crippen LogP contribution in [0.4, 0.5) is 0 Å². The lowest BCUT2D eigenvalue weighted by Crippen LogP contribution is -2.44. The van der Waals surface area contributed by atoms with E-state index in [1.165, 1.54) is 7.11 Å². The number of hydrogen-bond acceptors (Lipinski definition) is 5. The van der Waals surface area contributed by atoms with E-state index < -0.39 is 11.6 Å². The zero-order valence-corrected chi connectivity index (χ0v) is 11.4. The molecule has 0 saturated carbocycles. The van der Waals surface area contributed by atoms with E-state index in [0.29, 0.717) is 18.6 Å². The lowest BCUT2D eigenvalue weighted by atomic mass is 9.79. The number of rotatable bonds is 3. The topological polar surface area (TPSA) is 65.0 Å². The molecule has 0 aromatic heterocycles. The summed E-state index contributed by atoms with van der Waals surface area (Å²) in [6, 6.07) is 3.61. The van der Waals surface area contributed by atoms with E-state index >= 15 is 0 Å². The maximum Gasteiger partial charge on any atom is 0.338 e. The summed E-state index contributed by atoms with van der Waals surface area (Å²) in [5.74, 6) is 0.795. The monoisotopic (exact) mass is 266 g/mol. The lowest BCUT2D eigenvalue weighted by molar-refractivity contribution is -0.163. The molecule has 0 amide bonds. The molecule has 0 heterocycles. The Bertz CT molecular complexity index is 497. The largest absolute Gasteiger partial charge is 0.496 e. The predicted octanol–water partition coefficient (Wildman–Crippen LogP) is 1.10. The first-order valence-electron chi connectivity index (χ1n) is 6.09. The Morgan fingerprint density at radius 2 is 1.74 bits per heavy atom. The second kappa shape index (κ2) is 5.09. The molecule has 1 aromatic carbocycles. The van der Waals surface area contributed by atoms with Crippen molar-refractivity contribution in [3.05, 3.63) is 23.3 Å². The normalized spacial score (nSPS) is 21.5. The molecule has 1 aromatic rings. The van der Waals surface area contributed by atoms with Crippen LogP contribution >= 0.6 is 0 Å². The maximum absolute atomic E-state index is 11.7. The second-order valence-electron chi connectivity index (χ2n) is 4.63. The molecule has 0 aliphatic heterocycles. The first-order chi connectivity index (χ1) is 9.05. The van der Waals surface area contributed by atoms with Crippen LogP contribution in [0.3, 0.4) is 0 Å². The summed E-state index contributed by atoms with van der Waals surface area (Å²) >= 11 is 0. The van der Waals surface area contributed by atoms with Crippen molar-refractivity contribution in [2.24, 2.45) is 0 Å². The minimum atomic E-state index is -1.48. The number of fused-ring (bicyclic) bond motifs is 1. The zero-order valence-electron chi connectivity index (χ0n) is 11.4. The number of esters is 1. The molecule has 0 radical (unpaired) electrons. The van der Waals surface area contributed by atoms with Crippen molar-refractivity contribution in [2.45, 2.75) is 24.9 Å². The standard InChI is InChI=1S/C14H18O5/c1-17-11-4-5-12(18-2)10-8-14(16,13(15)19-3)7-6-9(10)11/h4-5,16H,6-8H2,1-3H3/t14-/m1/s1. The lowest BCUT2D eigenvalue weighted by Gasteiger charge is -2.32. The highest BCUT2D eigenvalue weighted by Gasteiger charge is 2.42. The fourth-order valence-electron chi connectivity index (χ4n) is 2.58. The van der Waals surface area contributed by atoms with Crippen molar-refractivity contribution in [3.63, 3.8) is 0 Å². The SMILES string of the molecule is COC(=O)[C@@]1(O)CCc2c(OC)ccc(OC)c2C1. The van der Waals surface area contributed by atoms with E-state index in [2.05, 4.69) is 4.74 Å². The van der Waals surface area contributed by atoms with Crippen molar-refractivity contribution in [2.75, 3.05) is 21.3 Å². The van der Waals surface area contributed by atoms with Crippen LogP contribution in [0.15, 0.2) is 12.1 Å². The van der Waals surface area contributed by atoms with Crippen molar-refractivity contribution in [1.82, 2.24) is 0 Å². The number of carbonyl (C=O) groups excluding carboxylic acids is 1. The van der Waals surface area contributed by atoms with Gasteiger partial charge < -0.3 is 19.3 Å². The molecule has 5 nitrogen and oxygen atoms in total. The number of carbonyl (C=O) groups is 1. The summed E-state index contributed by atoms with van der Waals surface area (Å²) in [7, 11) is 4.44. The van der Waals surface area contributed by atoms with Gasteiger partial charge in [-0.05, 0) is 25.0 Å². The Morgan fingerprint density at radius 3 is 2.26 bits per heavy atom. The zero-order chi connectivity index (χ0) is 14.0. The summed E-state index contributed by atoms with van der Waals surface area (Å²) < 4.78 is 15.3. The third kappa shape index (κ3) is 2.26. The summed E-state index contributed by atoms with van der Waals surface area (Å²) in [4.78, 5) is 11.7. The van der Waals surface area contributed by atoms with Crippen LogP contribution in [0.2, 0.25) is 0 Å². The Balaban J connectivity index is 2.46. The minimum Gasteiger partial charge on any atom is -0.496 e. The molecule has 1 aliphatic carbocycles. The van der Waals surface area contributed by atoms with Gasteiger partial charge in [-0.1, -0.05) is 0 Å². The van der Waals surface area contributed by atoms with Crippen LogP contribution in [-0.4, -0.2) is 38.0 Å². The van der Waals surface area contributed by atoms with Crippen LogP contribution in [0, 0.1) is 0 Å². The molecule has 0 spiro atoms. The van der Waals surface area contributed by atoms with E-state index in [0.717, 1.165) is 16.9 Å². The third-order valence-corrected chi connectivity index (χ3v) is 3.61. The van der Waals surface area contributed by atoms with Gasteiger partial charge in [0.25, 0.3) is 0 Å². The van der Waals surface area contributed by atoms with E-state index in [4.69, 9.17) is 9.47 Å². The molecule has 5 heteroatoms. The molecule has 1 atom stereocenters. The molecular weight excluding hydrogens is 248 g/mol. The Hall–Kier alpha value is -1.75. The Kier molecular flexibility index (Phi) is 3.66. The van der Waals surface area contributed by atoms with Crippen molar-refractivity contribution < 1.29 is 24.1 Å². The average molecular weight is 266 g/mol. The van der Waals surface area contributed by atoms with Crippen LogP contribution in [0.1, 0.15) is 17.5 Å². The van der Waals surface area contributed by atoms with Crippen molar-refractivity contribution in [1.29, 1.82) is 0 Å². The molecule has 104 valence electrons. The maximum atomic E-state index is 11.7. The third-order valence-electron chi connectivity index (χ3n) is 3.61. The smallest absolute Gasteiger partial charge is 0.338 e. The highest BCUT2D eigenvalue weighted by Crippen LogP contribution is 2.39. The van der Waals surface area contributed by atoms with E-state index in [-0.39, 0.29) is 6.42 Å². The van der Waals surface area contributed by atoms with Crippen LogP contribution in [0.5, 0.6) is 11.5 Å². The van der Waals surface area contributed by atoms with Gasteiger partial charge >= 0.3 is 5.97 Å².